The number of hydrogen-bond acceptors (Lipinski definition) is 3. The van der Waals surface area contributed by atoms with Crippen molar-refractivity contribution in [2.75, 3.05) is 25.7 Å². The Morgan fingerprint density at radius 2 is 2.19 bits per heavy atom. The van der Waals surface area contributed by atoms with Gasteiger partial charge in [-0.05, 0) is 24.6 Å². The van der Waals surface area contributed by atoms with E-state index in [1.807, 2.05) is 6.92 Å². The predicted molar refractivity (Wildman–Crippen MR) is 63.2 cm³/mol. The van der Waals surface area contributed by atoms with Crippen LogP contribution < -0.4 is 9.64 Å². The van der Waals surface area contributed by atoms with Crippen molar-refractivity contribution in [3.05, 3.63) is 22.7 Å². The second-order valence-corrected chi connectivity index (χ2v) is 3.82. The number of benzene rings is 1. The summed E-state index contributed by atoms with van der Waals surface area (Å²) in [4.78, 5) is 12.7. The molecule has 88 valence electrons. The summed E-state index contributed by atoms with van der Waals surface area (Å²) < 4.78 is 5.21. The summed E-state index contributed by atoms with van der Waals surface area (Å²) in [6.45, 7) is 1.29. The molecule has 0 fully saturated rings. The molecule has 0 radical (unpaired) electrons. The van der Waals surface area contributed by atoms with E-state index in [1.165, 1.54) is 12.0 Å². The minimum absolute atomic E-state index is 0.417. The third kappa shape index (κ3) is 2.46. The van der Waals surface area contributed by atoms with Gasteiger partial charge in [0, 0.05) is 12.1 Å². The van der Waals surface area contributed by atoms with Gasteiger partial charge in [-0.3, -0.25) is 4.79 Å². The number of halogens is 1. The monoisotopic (exact) mass is 243 g/mol. The highest BCUT2D eigenvalue weighted by Crippen LogP contribution is 2.34. The second-order valence-electron chi connectivity index (χ2n) is 3.39. The summed E-state index contributed by atoms with van der Waals surface area (Å²) in [6, 6.07) is 3.38. The average Bonchev–Trinajstić information content (AvgIpc) is 2.26. The van der Waals surface area contributed by atoms with Gasteiger partial charge in [-0.2, -0.15) is 0 Å². The number of hydrogen-bond donors (Lipinski definition) is 1. The number of amides is 1. The van der Waals surface area contributed by atoms with Crippen LogP contribution in [0.3, 0.4) is 0 Å². The number of carbonyl (C=O) groups excluding carboxylic acids is 1. The molecule has 0 aliphatic rings. The molecule has 0 unspecified atom stereocenters. The maximum atomic E-state index is 11.4. The van der Waals surface area contributed by atoms with E-state index >= 15 is 0 Å². The SMILES string of the molecule is COc1c(C)cc(Cl)cc1N(C)C(=O)CO. The Hall–Kier alpha value is -1.26. The van der Waals surface area contributed by atoms with Crippen LogP contribution in [-0.4, -0.2) is 31.8 Å². The summed E-state index contributed by atoms with van der Waals surface area (Å²) in [5.74, 6) is 0.161. The highest BCUT2D eigenvalue weighted by molar-refractivity contribution is 6.31. The lowest BCUT2D eigenvalue weighted by Crippen LogP contribution is -2.29. The highest BCUT2D eigenvalue weighted by Gasteiger charge is 2.16. The van der Waals surface area contributed by atoms with Crippen molar-refractivity contribution in [2.45, 2.75) is 6.92 Å². The first-order chi connectivity index (χ1) is 7.51. The van der Waals surface area contributed by atoms with Crippen LogP contribution >= 0.6 is 11.6 Å². The van der Waals surface area contributed by atoms with Gasteiger partial charge in [0.2, 0.25) is 0 Å². The van der Waals surface area contributed by atoms with Crippen LogP contribution in [0.25, 0.3) is 0 Å². The highest BCUT2D eigenvalue weighted by atomic mass is 35.5. The summed E-state index contributed by atoms with van der Waals surface area (Å²) in [5.41, 5.74) is 1.38. The number of aliphatic hydroxyl groups excluding tert-OH is 1. The van der Waals surface area contributed by atoms with Crippen LogP contribution in [-0.2, 0) is 4.79 Å². The molecule has 1 aromatic carbocycles. The summed E-state index contributed by atoms with van der Waals surface area (Å²) in [7, 11) is 3.09. The number of ether oxygens (including phenoxy) is 1. The minimum Gasteiger partial charge on any atom is -0.494 e. The molecule has 0 aliphatic heterocycles. The van der Waals surface area contributed by atoms with Gasteiger partial charge in [-0.25, -0.2) is 0 Å². The van der Waals surface area contributed by atoms with E-state index < -0.39 is 12.5 Å². The topological polar surface area (TPSA) is 49.8 Å². The third-order valence-corrected chi connectivity index (χ3v) is 2.51. The number of aryl methyl sites for hydroxylation is 1. The number of rotatable bonds is 3. The second kappa shape index (κ2) is 5.18. The molecule has 0 saturated heterocycles. The van der Waals surface area contributed by atoms with Crippen LogP contribution in [0.1, 0.15) is 5.56 Å². The smallest absolute Gasteiger partial charge is 0.252 e. The van der Waals surface area contributed by atoms with E-state index in [2.05, 4.69) is 0 Å². The van der Waals surface area contributed by atoms with Crippen molar-refractivity contribution in [1.29, 1.82) is 0 Å². The molecule has 0 spiro atoms. The Morgan fingerprint density at radius 1 is 1.56 bits per heavy atom. The van der Waals surface area contributed by atoms with Gasteiger partial charge in [-0.15, -0.1) is 0 Å². The fourth-order valence-corrected chi connectivity index (χ4v) is 1.73. The van der Waals surface area contributed by atoms with Crippen LogP contribution in [0.2, 0.25) is 5.02 Å². The van der Waals surface area contributed by atoms with Crippen molar-refractivity contribution in [2.24, 2.45) is 0 Å². The molecule has 0 aliphatic carbocycles. The lowest BCUT2D eigenvalue weighted by Gasteiger charge is -2.20. The normalized spacial score (nSPS) is 10.1. The number of nitrogens with zero attached hydrogens (tertiary/aromatic N) is 1. The molecule has 0 atom stereocenters. The number of likely N-dealkylation sites (N-methyl/N-ethyl adjacent to an activating group) is 1. The zero-order valence-electron chi connectivity index (χ0n) is 9.45. The first-order valence-corrected chi connectivity index (χ1v) is 5.10. The van der Waals surface area contributed by atoms with Crippen molar-refractivity contribution in [3.63, 3.8) is 0 Å². The molecule has 0 bridgehead atoms. The molecule has 16 heavy (non-hydrogen) atoms. The molecule has 4 nitrogen and oxygen atoms in total. The lowest BCUT2D eigenvalue weighted by molar-refractivity contribution is -0.120. The first kappa shape index (κ1) is 12.8. The molecule has 1 N–H and O–H groups in total. The van der Waals surface area contributed by atoms with Gasteiger partial charge in [0.1, 0.15) is 12.4 Å². The van der Waals surface area contributed by atoms with E-state index in [-0.39, 0.29) is 0 Å². The molecule has 1 aromatic rings. The number of aliphatic hydroxyl groups is 1. The van der Waals surface area contributed by atoms with E-state index in [9.17, 15) is 4.79 Å². The Labute approximate surface area is 99.4 Å². The van der Waals surface area contributed by atoms with E-state index in [4.69, 9.17) is 21.4 Å². The quantitative estimate of drug-likeness (QED) is 0.878. The maximum Gasteiger partial charge on any atom is 0.252 e. The van der Waals surface area contributed by atoms with Crippen LogP contribution in [0, 0.1) is 6.92 Å². The van der Waals surface area contributed by atoms with Gasteiger partial charge in [0.15, 0.2) is 0 Å². The van der Waals surface area contributed by atoms with Gasteiger partial charge in [-0.1, -0.05) is 11.6 Å². The molecule has 5 heteroatoms. The molecule has 0 saturated carbocycles. The molecular weight excluding hydrogens is 230 g/mol. The fraction of sp³-hybridized carbons (Fsp3) is 0.364. The fourth-order valence-electron chi connectivity index (χ4n) is 1.47. The summed E-state index contributed by atoms with van der Waals surface area (Å²) in [6.07, 6.45) is 0. The Balaban J connectivity index is 3.25. The van der Waals surface area contributed by atoms with Crippen molar-refractivity contribution in [1.82, 2.24) is 0 Å². The molecule has 1 amide bonds. The van der Waals surface area contributed by atoms with Crippen LogP contribution in [0.15, 0.2) is 12.1 Å². The maximum absolute atomic E-state index is 11.4. The Kier molecular flexibility index (Phi) is 4.15. The van der Waals surface area contributed by atoms with E-state index in [0.29, 0.717) is 16.5 Å². The van der Waals surface area contributed by atoms with Crippen molar-refractivity contribution < 1.29 is 14.6 Å². The van der Waals surface area contributed by atoms with Crippen molar-refractivity contribution >= 4 is 23.2 Å². The largest absolute Gasteiger partial charge is 0.494 e. The Bertz CT molecular complexity index is 406. The van der Waals surface area contributed by atoms with Crippen LogP contribution in [0.4, 0.5) is 5.69 Å². The average molecular weight is 244 g/mol. The standard InChI is InChI=1S/C11H14ClNO3/c1-7-4-8(12)5-9(11(7)16-3)13(2)10(15)6-14/h4-5,14H,6H2,1-3H3. The van der Waals surface area contributed by atoms with Crippen molar-refractivity contribution in [3.8, 4) is 5.75 Å². The number of anilines is 1. The van der Waals surface area contributed by atoms with Crippen LogP contribution in [0.5, 0.6) is 5.75 Å². The molecule has 1 rings (SSSR count). The summed E-state index contributed by atoms with van der Waals surface area (Å²) >= 11 is 5.91. The zero-order valence-corrected chi connectivity index (χ0v) is 10.2. The zero-order chi connectivity index (χ0) is 12.3. The molecule has 0 aromatic heterocycles. The summed E-state index contributed by atoms with van der Waals surface area (Å²) in [5, 5.41) is 9.32. The molecule has 0 heterocycles. The predicted octanol–water partition coefficient (Wildman–Crippen LogP) is 1.61. The first-order valence-electron chi connectivity index (χ1n) is 4.72. The van der Waals surface area contributed by atoms with Gasteiger partial charge in [0.25, 0.3) is 5.91 Å². The number of carbonyl (C=O) groups is 1. The van der Waals surface area contributed by atoms with E-state index in [1.54, 1.807) is 19.2 Å². The van der Waals surface area contributed by atoms with E-state index in [0.717, 1.165) is 5.56 Å². The Morgan fingerprint density at radius 3 is 2.69 bits per heavy atom. The van der Waals surface area contributed by atoms with Gasteiger partial charge >= 0.3 is 0 Å². The number of methoxy groups -OCH3 is 1. The lowest BCUT2D eigenvalue weighted by atomic mass is 10.2. The van der Waals surface area contributed by atoms with Gasteiger partial charge in [0.05, 0.1) is 12.8 Å². The third-order valence-electron chi connectivity index (χ3n) is 2.29. The van der Waals surface area contributed by atoms with Gasteiger partial charge < -0.3 is 14.7 Å². The minimum atomic E-state index is -0.550. The molecular formula is C11H14ClNO3.